The number of rotatable bonds is 13. The normalized spacial score (nSPS) is 16.5. The van der Waals surface area contributed by atoms with Gasteiger partial charge in [-0.25, -0.2) is 0 Å². The SMILES string of the molecule is CC(C)(C)NC(=O)[C@@H]1CSCN1C(=O)[C@@H](O)[C@H](Cc1ccccc1)NC(=O)[C@H](CC(N)=O)NC(=O)COc1cccc2ccccc12. The molecule has 1 aliphatic heterocycles. The molecule has 3 aromatic rings. The van der Waals surface area contributed by atoms with Crippen molar-refractivity contribution in [3.05, 3.63) is 78.4 Å². The Morgan fingerprint density at radius 2 is 1.66 bits per heavy atom. The van der Waals surface area contributed by atoms with Gasteiger partial charge < -0.3 is 36.4 Å². The average Bonchev–Trinajstić information content (AvgIpc) is 3.52. The third kappa shape index (κ3) is 9.93. The van der Waals surface area contributed by atoms with Crippen LogP contribution < -0.4 is 26.4 Å². The van der Waals surface area contributed by atoms with E-state index >= 15 is 0 Å². The van der Waals surface area contributed by atoms with Crippen LogP contribution in [-0.4, -0.2) is 87.5 Å². The van der Waals surface area contributed by atoms with Gasteiger partial charge in [-0.05, 0) is 44.2 Å². The van der Waals surface area contributed by atoms with E-state index < -0.39 is 66.4 Å². The first kappa shape index (κ1) is 35.2. The monoisotopic (exact) mass is 663 g/mol. The van der Waals surface area contributed by atoms with E-state index in [2.05, 4.69) is 16.0 Å². The van der Waals surface area contributed by atoms with Gasteiger partial charge in [-0.1, -0.05) is 66.7 Å². The van der Waals surface area contributed by atoms with Gasteiger partial charge in [0.15, 0.2) is 12.7 Å². The second kappa shape index (κ2) is 15.8. The Bertz CT molecular complexity index is 1590. The number of carbonyl (C=O) groups is 5. The number of primary amides is 1. The predicted octanol–water partition coefficient (Wildman–Crippen LogP) is 1.48. The van der Waals surface area contributed by atoms with Gasteiger partial charge in [0, 0.05) is 16.7 Å². The van der Waals surface area contributed by atoms with Crippen molar-refractivity contribution < 1.29 is 33.8 Å². The van der Waals surface area contributed by atoms with Crippen molar-refractivity contribution in [1.29, 1.82) is 0 Å². The molecule has 0 saturated carbocycles. The molecule has 0 radical (unpaired) electrons. The highest BCUT2D eigenvalue weighted by Crippen LogP contribution is 2.25. The van der Waals surface area contributed by atoms with E-state index in [1.165, 1.54) is 16.7 Å². The first-order valence-corrected chi connectivity index (χ1v) is 16.4. The molecule has 13 heteroatoms. The van der Waals surface area contributed by atoms with E-state index in [0.29, 0.717) is 17.1 Å². The standard InChI is InChI=1S/C34H41N5O7S/c1-34(2,3)38-32(44)26-19-47-20-39(26)33(45)30(42)24(16-21-10-5-4-6-11-21)37-31(43)25(17-28(35)40)36-29(41)18-46-27-15-9-13-22-12-7-8-14-23(22)27/h4-15,24-26,30,42H,16-20H2,1-3H3,(H2,35,40)(H,36,41)(H,37,43)(H,38,44)/t24-,25-,26-,30-/m0/s1. The molecule has 0 aromatic heterocycles. The Hall–Kier alpha value is -4.62. The van der Waals surface area contributed by atoms with E-state index in [1.54, 1.807) is 42.5 Å². The fourth-order valence-electron chi connectivity index (χ4n) is 5.18. The molecule has 1 aliphatic rings. The van der Waals surface area contributed by atoms with Crippen LogP contribution in [0.4, 0.5) is 0 Å². The number of hydrogen-bond acceptors (Lipinski definition) is 8. The summed E-state index contributed by atoms with van der Waals surface area (Å²) < 4.78 is 5.73. The van der Waals surface area contributed by atoms with Gasteiger partial charge in [0.05, 0.1) is 18.3 Å². The first-order valence-electron chi connectivity index (χ1n) is 15.2. The van der Waals surface area contributed by atoms with E-state index in [4.69, 9.17) is 10.5 Å². The second-order valence-corrected chi connectivity index (χ2v) is 13.4. The fraction of sp³-hybridized carbons (Fsp3) is 0.382. The van der Waals surface area contributed by atoms with Gasteiger partial charge in [-0.3, -0.25) is 24.0 Å². The summed E-state index contributed by atoms with van der Waals surface area (Å²) in [5, 5.41) is 21.1. The molecule has 12 nitrogen and oxygen atoms in total. The van der Waals surface area contributed by atoms with Crippen molar-refractivity contribution in [2.75, 3.05) is 18.2 Å². The number of nitrogens with two attached hydrogens (primary N) is 1. The van der Waals surface area contributed by atoms with E-state index in [9.17, 15) is 29.1 Å². The van der Waals surface area contributed by atoms with Crippen molar-refractivity contribution in [3.63, 3.8) is 0 Å². The highest BCUT2D eigenvalue weighted by molar-refractivity contribution is 7.99. The van der Waals surface area contributed by atoms with Crippen LogP contribution in [0, 0.1) is 0 Å². The van der Waals surface area contributed by atoms with Gasteiger partial charge >= 0.3 is 0 Å². The molecule has 6 N–H and O–H groups in total. The molecule has 0 spiro atoms. The van der Waals surface area contributed by atoms with Crippen molar-refractivity contribution in [2.45, 2.75) is 63.4 Å². The summed E-state index contributed by atoms with van der Waals surface area (Å²) in [6.45, 7) is 5.04. The van der Waals surface area contributed by atoms with Gasteiger partial charge in [-0.2, -0.15) is 0 Å². The number of ether oxygens (including phenoxy) is 1. The highest BCUT2D eigenvalue weighted by Gasteiger charge is 2.41. The minimum atomic E-state index is -1.75. The Morgan fingerprint density at radius 1 is 0.979 bits per heavy atom. The Morgan fingerprint density at radius 3 is 2.36 bits per heavy atom. The van der Waals surface area contributed by atoms with Crippen LogP contribution in [0.15, 0.2) is 72.8 Å². The molecule has 250 valence electrons. The van der Waals surface area contributed by atoms with E-state index in [1.807, 2.05) is 51.1 Å². The minimum absolute atomic E-state index is 0.0424. The molecule has 5 amide bonds. The molecule has 0 aliphatic carbocycles. The number of nitrogens with zero attached hydrogens (tertiary/aromatic N) is 1. The van der Waals surface area contributed by atoms with Crippen molar-refractivity contribution in [3.8, 4) is 5.75 Å². The molecule has 3 aromatic carbocycles. The fourth-order valence-corrected chi connectivity index (χ4v) is 6.34. The molecular weight excluding hydrogens is 622 g/mol. The zero-order chi connectivity index (χ0) is 34.1. The number of amides is 5. The quantitative estimate of drug-likeness (QED) is 0.182. The Kier molecular flexibility index (Phi) is 11.8. The summed E-state index contributed by atoms with van der Waals surface area (Å²) in [6.07, 6.45) is -2.24. The molecule has 4 atom stereocenters. The van der Waals surface area contributed by atoms with Gasteiger partial charge in [-0.15, -0.1) is 11.8 Å². The number of fused-ring (bicyclic) bond motifs is 1. The number of hydrogen-bond donors (Lipinski definition) is 5. The number of benzene rings is 3. The van der Waals surface area contributed by atoms with E-state index in [-0.39, 0.29) is 18.2 Å². The molecule has 4 rings (SSSR count). The lowest BCUT2D eigenvalue weighted by Gasteiger charge is -2.32. The van der Waals surface area contributed by atoms with Crippen molar-refractivity contribution >= 4 is 52.1 Å². The lowest BCUT2D eigenvalue weighted by atomic mass is 9.99. The number of aliphatic hydroxyl groups is 1. The zero-order valence-electron chi connectivity index (χ0n) is 26.6. The summed E-state index contributed by atoms with van der Waals surface area (Å²) in [6, 6.07) is 18.4. The Labute approximate surface area is 277 Å². The molecule has 47 heavy (non-hydrogen) atoms. The molecule has 1 saturated heterocycles. The lowest BCUT2D eigenvalue weighted by molar-refractivity contribution is -0.147. The highest BCUT2D eigenvalue weighted by atomic mass is 32.2. The van der Waals surface area contributed by atoms with Gasteiger partial charge in [0.2, 0.25) is 17.7 Å². The van der Waals surface area contributed by atoms with Gasteiger partial charge in [0.25, 0.3) is 11.8 Å². The lowest BCUT2D eigenvalue weighted by Crippen LogP contribution is -2.59. The first-order chi connectivity index (χ1) is 22.3. The van der Waals surface area contributed by atoms with Crippen LogP contribution in [0.25, 0.3) is 10.8 Å². The molecular formula is C34H41N5O7S. The summed E-state index contributed by atoms with van der Waals surface area (Å²) >= 11 is 1.38. The summed E-state index contributed by atoms with van der Waals surface area (Å²) in [5.41, 5.74) is 5.60. The number of aliphatic hydroxyl groups excluding tert-OH is 1. The largest absolute Gasteiger partial charge is 0.483 e. The molecule has 0 bridgehead atoms. The molecule has 0 unspecified atom stereocenters. The average molecular weight is 664 g/mol. The molecule has 1 heterocycles. The van der Waals surface area contributed by atoms with Crippen LogP contribution in [-0.2, 0) is 30.4 Å². The smallest absolute Gasteiger partial charge is 0.258 e. The van der Waals surface area contributed by atoms with Crippen LogP contribution >= 0.6 is 11.8 Å². The zero-order valence-corrected chi connectivity index (χ0v) is 27.4. The third-order valence-corrected chi connectivity index (χ3v) is 8.40. The topological polar surface area (TPSA) is 180 Å². The Balaban J connectivity index is 1.48. The van der Waals surface area contributed by atoms with Crippen LogP contribution in [0.3, 0.4) is 0 Å². The van der Waals surface area contributed by atoms with Crippen LogP contribution in [0.1, 0.15) is 32.8 Å². The maximum Gasteiger partial charge on any atom is 0.258 e. The second-order valence-electron chi connectivity index (χ2n) is 12.4. The summed E-state index contributed by atoms with van der Waals surface area (Å²) in [7, 11) is 0. The van der Waals surface area contributed by atoms with E-state index in [0.717, 1.165) is 10.8 Å². The minimum Gasteiger partial charge on any atom is -0.483 e. The molecule has 1 fully saturated rings. The van der Waals surface area contributed by atoms with Crippen LogP contribution in [0.5, 0.6) is 5.75 Å². The van der Waals surface area contributed by atoms with Crippen molar-refractivity contribution in [1.82, 2.24) is 20.9 Å². The third-order valence-electron chi connectivity index (χ3n) is 7.39. The van der Waals surface area contributed by atoms with Crippen LogP contribution in [0.2, 0.25) is 0 Å². The summed E-state index contributed by atoms with van der Waals surface area (Å²) in [4.78, 5) is 66.3. The number of thioether (sulfide) groups is 1. The maximum atomic E-state index is 13.6. The predicted molar refractivity (Wildman–Crippen MR) is 179 cm³/mol. The maximum absolute atomic E-state index is 13.6. The summed E-state index contributed by atoms with van der Waals surface area (Å²) in [5.74, 6) is -2.44. The number of nitrogens with one attached hydrogen (secondary N) is 3. The van der Waals surface area contributed by atoms with Gasteiger partial charge in [0.1, 0.15) is 17.8 Å². The number of carbonyl (C=O) groups excluding carboxylic acids is 5. The van der Waals surface area contributed by atoms with Crippen molar-refractivity contribution in [2.24, 2.45) is 5.73 Å².